The second-order valence-corrected chi connectivity index (χ2v) is 4.61. The van der Waals surface area contributed by atoms with E-state index in [0.29, 0.717) is 0 Å². The summed E-state index contributed by atoms with van der Waals surface area (Å²) in [6.45, 7) is 2.10. The Morgan fingerprint density at radius 1 is 1.35 bits per heavy atom. The highest BCUT2D eigenvalue weighted by atomic mass is 35.5. The molecule has 1 aromatic carbocycles. The molecule has 0 aliphatic heterocycles. The maximum absolute atomic E-state index is 6.05. The van der Waals surface area contributed by atoms with Gasteiger partial charge in [-0.2, -0.15) is 0 Å². The van der Waals surface area contributed by atoms with E-state index in [0.717, 1.165) is 11.4 Å². The van der Waals surface area contributed by atoms with E-state index in [1.807, 2.05) is 25.2 Å². The first-order chi connectivity index (χ1) is 8.20. The zero-order chi connectivity index (χ0) is 12.3. The minimum atomic E-state index is 0.256. The molecule has 3 heteroatoms. The first-order valence-corrected chi connectivity index (χ1v) is 6.03. The Bertz CT molecular complexity index is 479. The molecule has 17 heavy (non-hydrogen) atoms. The number of benzene rings is 1. The van der Waals surface area contributed by atoms with Crippen molar-refractivity contribution in [2.75, 3.05) is 7.05 Å². The van der Waals surface area contributed by atoms with Crippen LogP contribution in [0.1, 0.15) is 22.7 Å². The van der Waals surface area contributed by atoms with Crippen LogP contribution in [0.2, 0.25) is 5.02 Å². The lowest BCUT2D eigenvalue weighted by Gasteiger charge is -2.18. The lowest BCUT2D eigenvalue weighted by atomic mass is 9.96. The monoisotopic (exact) mass is 249 g/mol. The van der Waals surface area contributed by atoms with Crippen LogP contribution in [0.5, 0.6) is 0 Å². The summed E-state index contributed by atoms with van der Waals surface area (Å²) < 4.78 is 5.10. The van der Waals surface area contributed by atoms with Gasteiger partial charge in [0.15, 0.2) is 0 Å². The van der Waals surface area contributed by atoms with Gasteiger partial charge in [0.25, 0.3) is 0 Å². The number of nitrogens with one attached hydrogen (secondary N) is 1. The molecule has 2 rings (SSSR count). The summed E-state index contributed by atoms with van der Waals surface area (Å²) in [7, 11) is 1.96. The number of hydrogen-bond acceptors (Lipinski definition) is 2. The summed E-state index contributed by atoms with van der Waals surface area (Å²) in [5.41, 5.74) is 3.67. The Labute approximate surface area is 107 Å². The number of halogens is 1. The summed E-state index contributed by atoms with van der Waals surface area (Å²) in [6.07, 6.45) is 4.38. The molecule has 0 fully saturated rings. The molecule has 0 aliphatic carbocycles. The smallest absolute Gasteiger partial charge is 0.0935 e. The van der Waals surface area contributed by atoms with Gasteiger partial charge in [-0.15, -0.1) is 0 Å². The van der Waals surface area contributed by atoms with Crippen molar-refractivity contribution in [3.05, 3.63) is 58.5 Å². The van der Waals surface area contributed by atoms with Gasteiger partial charge >= 0.3 is 0 Å². The number of likely N-dealkylation sites (N-methyl/N-ethyl adjacent to an activating group) is 1. The minimum Gasteiger partial charge on any atom is -0.472 e. The van der Waals surface area contributed by atoms with Crippen LogP contribution in [-0.2, 0) is 6.42 Å². The fourth-order valence-electron chi connectivity index (χ4n) is 2.00. The fraction of sp³-hybridized carbons (Fsp3) is 0.286. The Hall–Kier alpha value is -1.25. The van der Waals surface area contributed by atoms with Gasteiger partial charge in [0.05, 0.1) is 12.5 Å². The van der Waals surface area contributed by atoms with Gasteiger partial charge in [0.1, 0.15) is 0 Å². The standard InChI is InChI=1S/C14H16ClNO/c1-10-3-4-12(15)8-13(10)14(16-2)7-11-5-6-17-9-11/h3-6,8-9,14,16H,7H2,1-2H3. The summed E-state index contributed by atoms with van der Waals surface area (Å²) in [4.78, 5) is 0. The molecule has 90 valence electrons. The molecule has 0 radical (unpaired) electrons. The van der Waals surface area contributed by atoms with Crippen LogP contribution < -0.4 is 5.32 Å². The number of rotatable bonds is 4. The zero-order valence-electron chi connectivity index (χ0n) is 10.0. The van der Waals surface area contributed by atoms with Crippen LogP contribution in [0.25, 0.3) is 0 Å². The summed E-state index contributed by atoms with van der Waals surface area (Å²) in [5.74, 6) is 0. The molecule has 0 saturated carbocycles. The van der Waals surface area contributed by atoms with Crippen LogP contribution in [0.15, 0.2) is 41.2 Å². The van der Waals surface area contributed by atoms with Crippen molar-refractivity contribution in [2.24, 2.45) is 0 Å². The summed E-state index contributed by atoms with van der Waals surface area (Å²) in [6, 6.07) is 8.25. The van der Waals surface area contributed by atoms with Crippen molar-refractivity contribution in [2.45, 2.75) is 19.4 Å². The lowest BCUT2D eigenvalue weighted by Crippen LogP contribution is -2.19. The maximum Gasteiger partial charge on any atom is 0.0935 e. The summed E-state index contributed by atoms with van der Waals surface area (Å²) >= 11 is 6.05. The molecule has 0 amide bonds. The Morgan fingerprint density at radius 2 is 2.18 bits per heavy atom. The quantitative estimate of drug-likeness (QED) is 0.893. The molecule has 1 aromatic heterocycles. The van der Waals surface area contributed by atoms with Crippen LogP contribution in [0.3, 0.4) is 0 Å². The molecule has 0 aliphatic rings. The van der Waals surface area contributed by atoms with Gasteiger partial charge in [0.2, 0.25) is 0 Å². The van der Waals surface area contributed by atoms with Gasteiger partial charge in [0, 0.05) is 11.1 Å². The molecule has 1 heterocycles. The van der Waals surface area contributed by atoms with Crippen LogP contribution in [-0.4, -0.2) is 7.05 Å². The van der Waals surface area contributed by atoms with Crippen molar-refractivity contribution in [3.8, 4) is 0 Å². The average molecular weight is 250 g/mol. The van der Waals surface area contributed by atoms with E-state index >= 15 is 0 Å². The van der Waals surface area contributed by atoms with E-state index in [1.165, 1.54) is 16.7 Å². The Kier molecular flexibility index (Phi) is 3.87. The van der Waals surface area contributed by atoms with Gasteiger partial charge in [-0.05, 0) is 55.3 Å². The number of furan rings is 1. The summed E-state index contributed by atoms with van der Waals surface area (Å²) in [5, 5.41) is 4.10. The Morgan fingerprint density at radius 3 is 2.82 bits per heavy atom. The molecule has 0 spiro atoms. The molecular weight excluding hydrogens is 234 g/mol. The topological polar surface area (TPSA) is 25.2 Å². The van der Waals surface area contributed by atoms with E-state index in [-0.39, 0.29) is 6.04 Å². The van der Waals surface area contributed by atoms with Crippen molar-refractivity contribution in [1.29, 1.82) is 0 Å². The van der Waals surface area contributed by atoms with Crippen molar-refractivity contribution < 1.29 is 4.42 Å². The van der Waals surface area contributed by atoms with Gasteiger partial charge in [-0.25, -0.2) is 0 Å². The van der Waals surface area contributed by atoms with E-state index in [1.54, 1.807) is 12.5 Å². The highest BCUT2D eigenvalue weighted by molar-refractivity contribution is 6.30. The van der Waals surface area contributed by atoms with E-state index in [2.05, 4.69) is 18.3 Å². The molecule has 1 unspecified atom stereocenters. The average Bonchev–Trinajstić information content (AvgIpc) is 2.82. The fourth-order valence-corrected chi connectivity index (χ4v) is 2.18. The highest BCUT2D eigenvalue weighted by Gasteiger charge is 2.13. The minimum absolute atomic E-state index is 0.256. The first-order valence-electron chi connectivity index (χ1n) is 5.65. The molecule has 2 nitrogen and oxygen atoms in total. The van der Waals surface area contributed by atoms with Gasteiger partial charge in [-0.3, -0.25) is 0 Å². The van der Waals surface area contributed by atoms with E-state index in [4.69, 9.17) is 16.0 Å². The lowest BCUT2D eigenvalue weighted by molar-refractivity contribution is 0.551. The van der Waals surface area contributed by atoms with E-state index < -0.39 is 0 Å². The van der Waals surface area contributed by atoms with Crippen molar-refractivity contribution in [1.82, 2.24) is 5.32 Å². The maximum atomic E-state index is 6.05. The molecule has 1 N–H and O–H groups in total. The van der Waals surface area contributed by atoms with E-state index in [9.17, 15) is 0 Å². The second kappa shape index (κ2) is 5.39. The molecule has 2 aromatic rings. The third kappa shape index (κ3) is 2.90. The molecular formula is C14H16ClNO. The third-order valence-electron chi connectivity index (χ3n) is 2.99. The van der Waals surface area contributed by atoms with Crippen LogP contribution in [0.4, 0.5) is 0 Å². The Balaban J connectivity index is 2.25. The van der Waals surface area contributed by atoms with Crippen molar-refractivity contribution in [3.63, 3.8) is 0 Å². The molecule has 0 bridgehead atoms. The predicted octanol–water partition coefficient (Wildman–Crippen LogP) is 3.74. The second-order valence-electron chi connectivity index (χ2n) is 4.18. The first kappa shape index (κ1) is 12.2. The predicted molar refractivity (Wildman–Crippen MR) is 70.4 cm³/mol. The number of hydrogen-bond donors (Lipinski definition) is 1. The van der Waals surface area contributed by atoms with Gasteiger partial charge < -0.3 is 9.73 Å². The van der Waals surface area contributed by atoms with Gasteiger partial charge in [-0.1, -0.05) is 17.7 Å². The molecule has 0 saturated heterocycles. The SMILES string of the molecule is CNC(Cc1ccoc1)c1cc(Cl)ccc1C. The number of aryl methyl sites for hydroxylation is 1. The third-order valence-corrected chi connectivity index (χ3v) is 3.22. The largest absolute Gasteiger partial charge is 0.472 e. The normalized spacial score (nSPS) is 12.6. The van der Waals surface area contributed by atoms with Crippen molar-refractivity contribution >= 4 is 11.6 Å². The van der Waals surface area contributed by atoms with Crippen LogP contribution >= 0.6 is 11.6 Å². The molecule has 1 atom stereocenters. The zero-order valence-corrected chi connectivity index (χ0v) is 10.8. The highest BCUT2D eigenvalue weighted by Crippen LogP contribution is 2.24. The van der Waals surface area contributed by atoms with Crippen LogP contribution in [0, 0.1) is 6.92 Å².